The normalized spacial score (nSPS) is 11.7. The maximum Gasteiger partial charge on any atom is 0.454 e. The van der Waals surface area contributed by atoms with Gasteiger partial charge in [-0.15, -0.1) is 0 Å². The molecule has 0 fully saturated rings. The van der Waals surface area contributed by atoms with Crippen molar-refractivity contribution in [3.63, 3.8) is 0 Å². The minimum absolute atomic E-state index is 0.0450. The fourth-order valence-corrected chi connectivity index (χ4v) is 0.429. The summed E-state index contributed by atoms with van der Waals surface area (Å²) in [5, 5.41) is 0. The summed E-state index contributed by atoms with van der Waals surface area (Å²) in [7, 11) is 0. The lowest BCUT2D eigenvalue weighted by molar-refractivity contribution is -0.165. The molecule has 0 atom stereocenters. The Balaban J connectivity index is 4.13. The minimum Gasteiger partial charge on any atom is -0.463 e. The zero-order chi connectivity index (χ0) is 10.5. The zero-order valence-corrected chi connectivity index (χ0v) is 6.72. The Morgan fingerprint density at radius 3 is 2.23 bits per heavy atom. The predicted octanol–water partition coefficient (Wildman–Crippen LogP) is 1.24. The Morgan fingerprint density at radius 1 is 1.31 bits per heavy atom. The van der Waals surface area contributed by atoms with Gasteiger partial charge in [-0.2, -0.15) is 13.2 Å². The SMILES string of the molecule is CCOC(=O)/C=C/C(=O)C(F)(F)F. The predicted molar refractivity (Wildman–Crippen MR) is 36.8 cm³/mol. The summed E-state index contributed by atoms with van der Waals surface area (Å²) in [6.07, 6.45) is -4.36. The van der Waals surface area contributed by atoms with E-state index in [0.29, 0.717) is 6.08 Å². The van der Waals surface area contributed by atoms with Crippen molar-refractivity contribution < 1.29 is 27.5 Å². The highest BCUT2D eigenvalue weighted by atomic mass is 19.4. The van der Waals surface area contributed by atoms with Crippen LogP contribution in [-0.4, -0.2) is 24.5 Å². The van der Waals surface area contributed by atoms with Crippen LogP contribution in [0.15, 0.2) is 12.2 Å². The molecule has 0 saturated carbocycles. The maximum atomic E-state index is 11.5. The molecule has 0 rings (SSSR count). The van der Waals surface area contributed by atoms with Crippen LogP contribution in [0.4, 0.5) is 13.2 Å². The number of hydrogen-bond donors (Lipinski definition) is 0. The lowest BCUT2D eigenvalue weighted by Gasteiger charge is -1.99. The van der Waals surface area contributed by atoms with Gasteiger partial charge in [0.1, 0.15) is 0 Å². The second kappa shape index (κ2) is 4.64. The number of hydrogen-bond acceptors (Lipinski definition) is 3. The van der Waals surface area contributed by atoms with E-state index in [9.17, 15) is 22.8 Å². The Hall–Kier alpha value is -1.33. The Bertz CT molecular complexity index is 230. The molecule has 0 aliphatic carbocycles. The molecule has 0 heterocycles. The quantitative estimate of drug-likeness (QED) is 0.503. The largest absolute Gasteiger partial charge is 0.463 e. The van der Waals surface area contributed by atoms with Crippen LogP contribution in [0.25, 0.3) is 0 Å². The van der Waals surface area contributed by atoms with Gasteiger partial charge in [0, 0.05) is 6.08 Å². The molecular weight excluding hydrogens is 189 g/mol. The first kappa shape index (κ1) is 11.7. The van der Waals surface area contributed by atoms with Gasteiger partial charge in [-0.05, 0) is 13.0 Å². The number of halogens is 3. The molecule has 0 bridgehead atoms. The Labute approximate surface area is 72.2 Å². The van der Waals surface area contributed by atoms with E-state index < -0.39 is 17.9 Å². The van der Waals surface area contributed by atoms with E-state index in [1.807, 2.05) is 0 Å². The highest BCUT2D eigenvalue weighted by molar-refractivity contribution is 5.98. The van der Waals surface area contributed by atoms with E-state index in [4.69, 9.17) is 0 Å². The van der Waals surface area contributed by atoms with Crippen molar-refractivity contribution in [2.45, 2.75) is 13.1 Å². The molecule has 3 nitrogen and oxygen atoms in total. The van der Waals surface area contributed by atoms with Crippen LogP contribution in [0.5, 0.6) is 0 Å². The summed E-state index contributed by atoms with van der Waals surface area (Å²) in [5.41, 5.74) is 0. The van der Waals surface area contributed by atoms with Crippen LogP contribution in [0, 0.1) is 0 Å². The monoisotopic (exact) mass is 196 g/mol. The number of ether oxygens (including phenoxy) is 1. The molecule has 0 radical (unpaired) electrons. The molecule has 0 amide bonds. The number of carbonyl (C=O) groups excluding carboxylic acids is 2. The molecule has 0 spiro atoms. The van der Waals surface area contributed by atoms with Gasteiger partial charge in [0.25, 0.3) is 5.78 Å². The van der Waals surface area contributed by atoms with Gasteiger partial charge in [-0.3, -0.25) is 4.79 Å². The smallest absolute Gasteiger partial charge is 0.454 e. The van der Waals surface area contributed by atoms with Gasteiger partial charge in [-0.1, -0.05) is 0 Å². The van der Waals surface area contributed by atoms with E-state index in [-0.39, 0.29) is 12.7 Å². The van der Waals surface area contributed by atoms with Gasteiger partial charge in [0.15, 0.2) is 0 Å². The third-order valence-electron chi connectivity index (χ3n) is 0.937. The first-order valence-corrected chi connectivity index (χ1v) is 3.34. The van der Waals surface area contributed by atoms with Crippen molar-refractivity contribution in [1.82, 2.24) is 0 Å². The van der Waals surface area contributed by atoms with Gasteiger partial charge in [-0.25, -0.2) is 4.79 Å². The van der Waals surface area contributed by atoms with Gasteiger partial charge < -0.3 is 4.74 Å². The van der Waals surface area contributed by atoms with Crippen molar-refractivity contribution in [2.75, 3.05) is 6.61 Å². The van der Waals surface area contributed by atoms with E-state index in [1.165, 1.54) is 6.92 Å². The van der Waals surface area contributed by atoms with Crippen molar-refractivity contribution in [1.29, 1.82) is 0 Å². The van der Waals surface area contributed by atoms with Crippen molar-refractivity contribution in [3.8, 4) is 0 Å². The lowest BCUT2D eigenvalue weighted by atomic mass is 10.3. The average molecular weight is 196 g/mol. The van der Waals surface area contributed by atoms with Crippen LogP contribution < -0.4 is 0 Å². The van der Waals surface area contributed by atoms with Crippen LogP contribution in [0.2, 0.25) is 0 Å². The topological polar surface area (TPSA) is 43.4 Å². The van der Waals surface area contributed by atoms with E-state index in [0.717, 1.165) is 0 Å². The molecule has 6 heteroatoms. The molecule has 13 heavy (non-hydrogen) atoms. The first-order valence-electron chi connectivity index (χ1n) is 3.34. The molecule has 0 saturated heterocycles. The summed E-state index contributed by atoms with van der Waals surface area (Å²) in [6, 6.07) is 0. The fraction of sp³-hybridized carbons (Fsp3) is 0.429. The maximum absolute atomic E-state index is 11.5. The fourth-order valence-electron chi connectivity index (χ4n) is 0.429. The second-order valence-electron chi connectivity index (χ2n) is 1.95. The standard InChI is InChI=1S/C7H7F3O3/c1-2-13-6(12)4-3-5(11)7(8,9)10/h3-4H,2H2,1H3/b4-3+. The summed E-state index contributed by atoms with van der Waals surface area (Å²) < 4.78 is 38.9. The molecule has 0 aromatic heterocycles. The van der Waals surface area contributed by atoms with E-state index in [2.05, 4.69) is 4.74 Å². The number of esters is 1. The van der Waals surface area contributed by atoms with Crippen LogP contribution >= 0.6 is 0 Å². The van der Waals surface area contributed by atoms with Crippen LogP contribution in [0.1, 0.15) is 6.92 Å². The van der Waals surface area contributed by atoms with E-state index in [1.54, 1.807) is 0 Å². The second-order valence-corrected chi connectivity index (χ2v) is 1.95. The molecule has 74 valence electrons. The summed E-state index contributed by atoms with van der Waals surface area (Å²) >= 11 is 0. The number of carbonyl (C=O) groups is 2. The average Bonchev–Trinajstić information content (AvgIpc) is 1.99. The molecule has 0 N–H and O–H groups in total. The van der Waals surface area contributed by atoms with E-state index >= 15 is 0 Å². The Morgan fingerprint density at radius 2 is 1.85 bits per heavy atom. The highest BCUT2D eigenvalue weighted by Gasteiger charge is 2.36. The molecular formula is C7H7F3O3. The first-order chi connectivity index (χ1) is 5.88. The van der Waals surface area contributed by atoms with Gasteiger partial charge in [0.2, 0.25) is 0 Å². The van der Waals surface area contributed by atoms with Crippen molar-refractivity contribution in [3.05, 3.63) is 12.2 Å². The number of alkyl halides is 3. The van der Waals surface area contributed by atoms with Crippen LogP contribution in [0.3, 0.4) is 0 Å². The van der Waals surface area contributed by atoms with Crippen LogP contribution in [-0.2, 0) is 14.3 Å². The van der Waals surface area contributed by atoms with Gasteiger partial charge >= 0.3 is 12.1 Å². The number of rotatable bonds is 3. The highest BCUT2D eigenvalue weighted by Crippen LogP contribution is 2.16. The number of allylic oxidation sites excluding steroid dienone is 1. The third kappa shape index (κ3) is 5.00. The summed E-state index contributed by atoms with van der Waals surface area (Å²) in [4.78, 5) is 20.6. The van der Waals surface area contributed by atoms with Gasteiger partial charge in [0.05, 0.1) is 6.61 Å². The minimum atomic E-state index is -4.94. The Kier molecular flexibility index (Phi) is 4.16. The summed E-state index contributed by atoms with van der Waals surface area (Å²) in [6.45, 7) is 1.54. The molecule has 0 aliphatic rings. The zero-order valence-electron chi connectivity index (χ0n) is 6.72. The third-order valence-corrected chi connectivity index (χ3v) is 0.937. The van der Waals surface area contributed by atoms with Crippen molar-refractivity contribution >= 4 is 11.8 Å². The molecule has 0 aliphatic heterocycles. The molecule has 0 aromatic rings. The van der Waals surface area contributed by atoms with Crippen molar-refractivity contribution in [2.24, 2.45) is 0 Å². The summed E-state index contributed by atoms with van der Waals surface area (Å²) in [5.74, 6) is -3.05. The lowest BCUT2D eigenvalue weighted by Crippen LogP contribution is -2.20. The molecule has 0 aromatic carbocycles. The molecule has 0 unspecified atom stereocenters. The number of ketones is 1.